The number of methoxy groups -OCH3 is 2. The van der Waals surface area contributed by atoms with Crippen molar-refractivity contribution in [1.29, 1.82) is 0 Å². The Morgan fingerprint density at radius 3 is 2.63 bits per heavy atom. The van der Waals surface area contributed by atoms with E-state index in [1.807, 2.05) is 16.7 Å². The lowest BCUT2D eigenvalue weighted by atomic mass is 9.93. The highest BCUT2D eigenvalue weighted by Gasteiger charge is 2.51. The predicted molar refractivity (Wildman–Crippen MR) is 110 cm³/mol. The van der Waals surface area contributed by atoms with Gasteiger partial charge < -0.3 is 38.8 Å². The highest BCUT2D eigenvalue weighted by Crippen LogP contribution is 2.39. The van der Waals surface area contributed by atoms with Crippen molar-refractivity contribution in [2.45, 2.75) is 49.5 Å². The lowest BCUT2D eigenvalue weighted by molar-refractivity contribution is -0.165. The molecule has 9 nitrogen and oxygen atoms in total. The minimum atomic E-state index is -0.665. The predicted octanol–water partition coefficient (Wildman–Crippen LogP) is 0.763. The monoisotopic (exact) mass is 418 g/mol. The fourth-order valence-corrected chi connectivity index (χ4v) is 4.94. The third-order valence-electron chi connectivity index (χ3n) is 6.68. The van der Waals surface area contributed by atoms with Crippen molar-refractivity contribution < 1.29 is 24.1 Å². The molecule has 0 spiro atoms. The average molecular weight is 418 g/mol. The number of imidazole rings is 1. The van der Waals surface area contributed by atoms with Crippen LogP contribution in [0.1, 0.15) is 18.9 Å². The first-order valence-electron chi connectivity index (χ1n) is 10.6. The minimum absolute atomic E-state index is 0.148. The summed E-state index contributed by atoms with van der Waals surface area (Å²) in [5.74, 6) is 1.24. The lowest BCUT2D eigenvalue weighted by Gasteiger charge is -2.42. The zero-order valence-electron chi connectivity index (χ0n) is 17.7. The van der Waals surface area contributed by atoms with E-state index in [1.165, 1.54) is 0 Å². The zero-order chi connectivity index (χ0) is 20.8. The number of hydrogen-bond acceptors (Lipinski definition) is 8. The largest absolute Gasteiger partial charge is 0.493 e. The smallest absolute Gasteiger partial charge is 0.181 e. The molecule has 164 valence electrons. The van der Waals surface area contributed by atoms with Crippen LogP contribution in [0.4, 0.5) is 0 Å². The van der Waals surface area contributed by atoms with Crippen molar-refractivity contribution in [1.82, 2.24) is 19.8 Å². The van der Waals surface area contributed by atoms with Crippen molar-refractivity contribution >= 4 is 11.0 Å². The second-order valence-corrected chi connectivity index (χ2v) is 8.48. The molecule has 0 unspecified atom stereocenters. The van der Waals surface area contributed by atoms with Gasteiger partial charge in [-0.3, -0.25) is 0 Å². The van der Waals surface area contributed by atoms with Gasteiger partial charge >= 0.3 is 0 Å². The topological polar surface area (TPSA) is 90.2 Å². The van der Waals surface area contributed by atoms with Gasteiger partial charge in [-0.05, 0) is 33.0 Å². The first-order valence-corrected chi connectivity index (χ1v) is 10.6. The van der Waals surface area contributed by atoms with Gasteiger partial charge in [-0.25, -0.2) is 4.98 Å². The van der Waals surface area contributed by atoms with E-state index < -0.39 is 18.4 Å². The van der Waals surface area contributed by atoms with Crippen molar-refractivity contribution in [2.24, 2.45) is 0 Å². The number of nitrogens with zero attached hydrogens (tertiary/aromatic N) is 3. The molecule has 5 rings (SSSR count). The number of piperidine rings is 1. The fourth-order valence-electron chi connectivity index (χ4n) is 4.94. The Balaban J connectivity index is 1.45. The quantitative estimate of drug-likeness (QED) is 0.736. The standard InChI is InChI=1S/C21H30N4O5/c1-24-6-4-12(5-7-24)23-18-17-10-29-21(30-17)19(20(18)26)25-11-22-13-8-15(27-2)16(28-3)9-14(13)25/h8-9,11-12,17-21,23,26H,4-7,10H2,1-3H3/t17-,18-,19-,20+,21-/m1/s1. The number of benzene rings is 1. The van der Waals surface area contributed by atoms with Crippen LogP contribution in [0.3, 0.4) is 0 Å². The summed E-state index contributed by atoms with van der Waals surface area (Å²) in [6.07, 6.45) is 2.53. The van der Waals surface area contributed by atoms with Crippen LogP contribution >= 0.6 is 0 Å². The molecule has 2 bridgehead atoms. The number of likely N-dealkylation sites (tertiary alicyclic amines) is 1. The SMILES string of the molecule is COc1cc2ncn([C@H]3[C@@H]4OC[C@@H](O4)[C@@H](NC4CCN(C)CC4)[C@@H]3O)c2cc1OC. The molecule has 2 aromatic rings. The summed E-state index contributed by atoms with van der Waals surface area (Å²) >= 11 is 0. The van der Waals surface area contributed by atoms with Gasteiger partial charge in [0.2, 0.25) is 0 Å². The average Bonchev–Trinajstić information content (AvgIpc) is 3.37. The van der Waals surface area contributed by atoms with E-state index in [2.05, 4.69) is 22.2 Å². The molecule has 0 aliphatic carbocycles. The molecule has 0 saturated carbocycles. The molecular formula is C21H30N4O5. The number of ether oxygens (including phenoxy) is 4. The van der Waals surface area contributed by atoms with Crippen LogP contribution in [-0.2, 0) is 9.47 Å². The highest BCUT2D eigenvalue weighted by atomic mass is 16.7. The Kier molecular flexibility index (Phi) is 5.32. The molecule has 2 N–H and O–H groups in total. The number of nitrogens with one attached hydrogen (secondary N) is 1. The van der Waals surface area contributed by atoms with Gasteiger partial charge in [-0.2, -0.15) is 0 Å². The van der Waals surface area contributed by atoms with Crippen molar-refractivity contribution in [3.8, 4) is 11.5 Å². The Morgan fingerprint density at radius 2 is 1.90 bits per heavy atom. The van der Waals surface area contributed by atoms with E-state index in [0.717, 1.165) is 37.0 Å². The number of rotatable bonds is 5. The number of fused-ring (bicyclic) bond motifs is 3. The number of aliphatic hydroxyl groups is 1. The van der Waals surface area contributed by atoms with E-state index in [1.54, 1.807) is 20.5 Å². The van der Waals surface area contributed by atoms with Crippen molar-refractivity contribution in [3.63, 3.8) is 0 Å². The van der Waals surface area contributed by atoms with Crippen LogP contribution in [-0.4, -0.2) is 91.1 Å². The summed E-state index contributed by atoms with van der Waals surface area (Å²) in [7, 11) is 5.36. The van der Waals surface area contributed by atoms with Gasteiger partial charge in [0, 0.05) is 18.2 Å². The first-order chi connectivity index (χ1) is 14.6. The molecule has 3 saturated heterocycles. The van der Waals surface area contributed by atoms with E-state index in [0.29, 0.717) is 24.1 Å². The summed E-state index contributed by atoms with van der Waals surface area (Å²) in [6.45, 7) is 2.59. The van der Waals surface area contributed by atoms with Gasteiger partial charge in [0.25, 0.3) is 0 Å². The van der Waals surface area contributed by atoms with Crippen LogP contribution in [0.5, 0.6) is 11.5 Å². The van der Waals surface area contributed by atoms with E-state index >= 15 is 0 Å². The molecule has 3 aliphatic heterocycles. The second-order valence-electron chi connectivity index (χ2n) is 8.48. The molecular weight excluding hydrogens is 388 g/mol. The number of aromatic nitrogens is 2. The van der Waals surface area contributed by atoms with Crippen molar-refractivity contribution in [3.05, 3.63) is 18.5 Å². The highest BCUT2D eigenvalue weighted by molar-refractivity contribution is 5.80. The molecule has 1 aromatic heterocycles. The summed E-state index contributed by atoms with van der Waals surface area (Å²) in [5, 5.41) is 15.1. The minimum Gasteiger partial charge on any atom is -0.493 e. The van der Waals surface area contributed by atoms with E-state index in [4.69, 9.17) is 18.9 Å². The molecule has 9 heteroatoms. The molecule has 4 heterocycles. The van der Waals surface area contributed by atoms with Gasteiger partial charge in [0.05, 0.1) is 50.3 Å². The van der Waals surface area contributed by atoms with Gasteiger partial charge in [-0.1, -0.05) is 0 Å². The summed E-state index contributed by atoms with van der Waals surface area (Å²) in [5.41, 5.74) is 1.60. The van der Waals surface area contributed by atoms with Gasteiger partial charge in [0.15, 0.2) is 17.8 Å². The summed E-state index contributed by atoms with van der Waals surface area (Å²) in [6, 6.07) is 3.49. The van der Waals surface area contributed by atoms with Crippen molar-refractivity contribution in [2.75, 3.05) is 41.0 Å². The Morgan fingerprint density at radius 1 is 1.17 bits per heavy atom. The molecule has 0 amide bonds. The van der Waals surface area contributed by atoms with Crippen LogP contribution in [0.15, 0.2) is 18.5 Å². The van der Waals surface area contributed by atoms with Crippen LogP contribution in [0.2, 0.25) is 0 Å². The maximum Gasteiger partial charge on any atom is 0.181 e. The zero-order valence-corrected chi connectivity index (χ0v) is 17.7. The van der Waals surface area contributed by atoms with Gasteiger partial charge in [-0.15, -0.1) is 0 Å². The van der Waals surface area contributed by atoms with E-state index in [9.17, 15) is 5.11 Å². The third kappa shape index (κ3) is 3.34. The maximum atomic E-state index is 11.4. The third-order valence-corrected chi connectivity index (χ3v) is 6.68. The van der Waals surface area contributed by atoms with E-state index in [-0.39, 0.29) is 12.1 Å². The fraction of sp³-hybridized carbons (Fsp3) is 0.667. The molecule has 1 aromatic carbocycles. The first kappa shape index (κ1) is 20.0. The molecule has 3 fully saturated rings. The lowest BCUT2D eigenvalue weighted by Crippen LogP contribution is -2.60. The Hall–Kier alpha value is -1.91. The number of hydrogen-bond donors (Lipinski definition) is 2. The maximum absolute atomic E-state index is 11.4. The van der Waals surface area contributed by atoms with Crippen LogP contribution in [0.25, 0.3) is 11.0 Å². The second kappa shape index (κ2) is 7.97. The Bertz CT molecular complexity index is 897. The summed E-state index contributed by atoms with van der Waals surface area (Å²) in [4.78, 5) is 6.86. The normalized spacial score (nSPS) is 32.6. The molecule has 0 radical (unpaired) electrons. The molecule has 30 heavy (non-hydrogen) atoms. The van der Waals surface area contributed by atoms with Crippen LogP contribution < -0.4 is 14.8 Å². The van der Waals surface area contributed by atoms with Gasteiger partial charge in [0.1, 0.15) is 12.1 Å². The molecule has 5 atom stereocenters. The van der Waals surface area contributed by atoms with Crippen LogP contribution in [0, 0.1) is 0 Å². The Labute approximate surface area is 175 Å². The molecule has 3 aliphatic rings. The summed E-state index contributed by atoms with van der Waals surface area (Å²) < 4.78 is 24.9. The number of aliphatic hydroxyl groups excluding tert-OH is 1.